The standard InChI is InChI=1S/C22H25N3O5S2.CH2Cl2/c26-21-17-3-1-2-16-19(32(28,29)24-10-14-31-15-11-24)5-4-18(20(16)17)22(27)25(21)7-6-23-8-12-30-13-9-23;2-1-3/h1-5H,6-15H2;1H2. The lowest BCUT2D eigenvalue weighted by atomic mass is 9.94. The molecule has 5 rings (SSSR count). The van der Waals surface area contributed by atoms with Crippen LogP contribution in [0.25, 0.3) is 10.8 Å². The van der Waals surface area contributed by atoms with Crippen molar-refractivity contribution < 1.29 is 22.7 Å². The molecule has 0 bridgehead atoms. The first-order valence-electron chi connectivity index (χ1n) is 11.3. The Morgan fingerprint density at radius 1 is 0.886 bits per heavy atom. The number of hydrogen-bond acceptors (Lipinski definition) is 7. The zero-order valence-corrected chi connectivity index (χ0v) is 22.3. The highest BCUT2D eigenvalue weighted by Gasteiger charge is 2.36. The first kappa shape index (κ1) is 26.7. The van der Waals surface area contributed by atoms with Crippen LogP contribution in [0.15, 0.2) is 35.2 Å². The van der Waals surface area contributed by atoms with Crippen LogP contribution in [-0.2, 0) is 14.8 Å². The molecule has 0 atom stereocenters. The molecule has 190 valence electrons. The summed E-state index contributed by atoms with van der Waals surface area (Å²) >= 11 is 11.3. The molecule has 0 radical (unpaired) electrons. The van der Waals surface area contributed by atoms with Gasteiger partial charge in [0.15, 0.2) is 0 Å². The second kappa shape index (κ2) is 11.8. The number of ether oxygens (including phenoxy) is 1. The van der Waals surface area contributed by atoms with E-state index in [1.165, 1.54) is 15.3 Å². The average molecular weight is 561 g/mol. The van der Waals surface area contributed by atoms with Crippen LogP contribution in [0.4, 0.5) is 0 Å². The molecule has 2 saturated heterocycles. The second-order valence-electron chi connectivity index (χ2n) is 8.17. The van der Waals surface area contributed by atoms with Crippen molar-refractivity contribution in [3.8, 4) is 0 Å². The van der Waals surface area contributed by atoms with Gasteiger partial charge in [-0.3, -0.25) is 19.4 Å². The van der Waals surface area contributed by atoms with Crippen LogP contribution in [0.2, 0.25) is 0 Å². The number of rotatable bonds is 5. The van der Waals surface area contributed by atoms with Gasteiger partial charge in [-0.15, -0.1) is 23.2 Å². The number of amides is 2. The number of benzene rings is 2. The molecule has 0 aliphatic carbocycles. The maximum absolute atomic E-state index is 13.4. The summed E-state index contributed by atoms with van der Waals surface area (Å²) in [6, 6.07) is 8.15. The van der Waals surface area contributed by atoms with Crippen molar-refractivity contribution in [2.45, 2.75) is 4.90 Å². The largest absolute Gasteiger partial charge is 0.379 e. The molecule has 0 N–H and O–H groups in total. The molecular weight excluding hydrogens is 533 g/mol. The molecule has 3 heterocycles. The van der Waals surface area contributed by atoms with Crippen LogP contribution in [0.3, 0.4) is 0 Å². The average Bonchev–Trinajstić information content (AvgIpc) is 2.88. The van der Waals surface area contributed by atoms with Crippen molar-refractivity contribution in [1.29, 1.82) is 0 Å². The first-order chi connectivity index (χ1) is 16.9. The highest BCUT2D eigenvalue weighted by atomic mass is 35.5. The van der Waals surface area contributed by atoms with E-state index in [9.17, 15) is 18.0 Å². The summed E-state index contributed by atoms with van der Waals surface area (Å²) in [5.41, 5.74) is 0.760. The Bertz CT molecular complexity index is 1180. The van der Waals surface area contributed by atoms with E-state index in [0.29, 0.717) is 61.3 Å². The molecule has 2 fully saturated rings. The number of thioether (sulfide) groups is 1. The summed E-state index contributed by atoms with van der Waals surface area (Å²) in [6.45, 7) is 4.65. The number of sulfonamides is 1. The third-order valence-corrected chi connectivity index (χ3v) is 9.18. The normalized spacial score (nSPS) is 19.5. The number of morpholine rings is 1. The fourth-order valence-electron chi connectivity index (χ4n) is 4.54. The van der Waals surface area contributed by atoms with Gasteiger partial charge in [0.2, 0.25) is 10.0 Å². The van der Waals surface area contributed by atoms with Crippen LogP contribution in [0.1, 0.15) is 20.7 Å². The minimum absolute atomic E-state index is 0.160. The molecule has 0 aromatic heterocycles. The van der Waals surface area contributed by atoms with Gasteiger partial charge in [-0.25, -0.2) is 8.42 Å². The molecule has 2 aromatic rings. The fourth-order valence-corrected chi connectivity index (χ4v) is 7.30. The summed E-state index contributed by atoms with van der Waals surface area (Å²) in [5.74, 6) is 0.779. The smallest absolute Gasteiger partial charge is 0.261 e. The maximum Gasteiger partial charge on any atom is 0.261 e. The predicted molar refractivity (Wildman–Crippen MR) is 139 cm³/mol. The molecule has 3 aliphatic rings. The van der Waals surface area contributed by atoms with Crippen LogP contribution < -0.4 is 0 Å². The van der Waals surface area contributed by atoms with Crippen molar-refractivity contribution in [3.05, 3.63) is 41.5 Å². The van der Waals surface area contributed by atoms with Crippen LogP contribution in [-0.4, -0.2) is 104 Å². The molecule has 2 amide bonds. The topological polar surface area (TPSA) is 87.2 Å². The Hall–Kier alpha value is -1.40. The van der Waals surface area contributed by atoms with E-state index in [4.69, 9.17) is 27.9 Å². The minimum atomic E-state index is -3.71. The Balaban J connectivity index is 0.000000917. The zero-order chi connectivity index (χ0) is 25.0. The number of imide groups is 1. The summed E-state index contributed by atoms with van der Waals surface area (Å²) in [4.78, 5) is 30.1. The fraction of sp³-hybridized carbons (Fsp3) is 0.478. The predicted octanol–water partition coefficient (Wildman–Crippen LogP) is 2.93. The monoisotopic (exact) mass is 559 g/mol. The maximum atomic E-state index is 13.4. The van der Waals surface area contributed by atoms with Crippen molar-refractivity contribution in [1.82, 2.24) is 14.1 Å². The van der Waals surface area contributed by atoms with Crippen molar-refractivity contribution in [2.24, 2.45) is 0 Å². The summed E-state index contributed by atoms with van der Waals surface area (Å²) < 4.78 is 33.6. The number of carbonyl (C=O) groups is 2. The Labute approximate surface area is 219 Å². The van der Waals surface area contributed by atoms with E-state index in [0.717, 1.165) is 24.6 Å². The number of alkyl halides is 2. The molecule has 0 saturated carbocycles. The number of nitrogens with zero attached hydrogens (tertiary/aromatic N) is 3. The SMILES string of the molecule is ClCCl.O=C1c2cccc3c(S(=O)(=O)N4CCSCC4)ccc(c23)C(=O)N1CCN1CCOCC1. The number of carbonyl (C=O) groups excluding carboxylic acids is 2. The summed E-state index contributed by atoms with van der Waals surface area (Å²) in [6.07, 6.45) is 0. The number of hydrogen-bond donors (Lipinski definition) is 0. The van der Waals surface area contributed by atoms with Crippen molar-refractivity contribution in [3.63, 3.8) is 0 Å². The van der Waals surface area contributed by atoms with Gasteiger partial charge in [-0.1, -0.05) is 12.1 Å². The molecule has 12 heteroatoms. The second-order valence-corrected chi connectivity index (χ2v) is 12.1. The Morgan fingerprint density at radius 3 is 2.17 bits per heavy atom. The zero-order valence-electron chi connectivity index (χ0n) is 19.1. The van der Waals surface area contributed by atoms with E-state index in [-0.39, 0.29) is 22.0 Å². The highest BCUT2D eigenvalue weighted by molar-refractivity contribution is 7.99. The molecule has 2 aromatic carbocycles. The van der Waals surface area contributed by atoms with Gasteiger partial charge >= 0.3 is 0 Å². The molecule has 3 aliphatic heterocycles. The van der Waals surface area contributed by atoms with Crippen LogP contribution in [0.5, 0.6) is 0 Å². The van der Waals surface area contributed by atoms with E-state index in [1.54, 1.807) is 36.0 Å². The van der Waals surface area contributed by atoms with Crippen molar-refractivity contribution >= 4 is 67.6 Å². The molecule has 0 spiro atoms. The Morgan fingerprint density at radius 2 is 1.51 bits per heavy atom. The molecule has 0 unspecified atom stereocenters. The quantitative estimate of drug-likeness (QED) is 0.411. The van der Waals surface area contributed by atoms with Gasteiger partial charge in [0.25, 0.3) is 11.8 Å². The van der Waals surface area contributed by atoms with Crippen LogP contribution >= 0.6 is 35.0 Å². The van der Waals surface area contributed by atoms with Gasteiger partial charge in [0.05, 0.1) is 23.4 Å². The molecular formula is C23H27Cl2N3O5S2. The van der Waals surface area contributed by atoms with Gasteiger partial charge < -0.3 is 4.74 Å². The highest BCUT2D eigenvalue weighted by Crippen LogP contribution is 2.35. The lowest BCUT2D eigenvalue weighted by Crippen LogP contribution is -2.46. The van der Waals surface area contributed by atoms with Gasteiger partial charge in [-0.2, -0.15) is 16.1 Å². The summed E-state index contributed by atoms with van der Waals surface area (Å²) in [5, 5.41) is 1.07. The third-order valence-electron chi connectivity index (χ3n) is 6.28. The summed E-state index contributed by atoms with van der Waals surface area (Å²) in [7, 11) is -3.71. The number of halogens is 2. The first-order valence-corrected chi connectivity index (χ1v) is 15.0. The lowest BCUT2D eigenvalue weighted by Gasteiger charge is -2.32. The minimum Gasteiger partial charge on any atom is -0.379 e. The lowest BCUT2D eigenvalue weighted by molar-refractivity contribution is 0.0316. The molecule has 8 nitrogen and oxygen atoms in total. The third kappa shape index (κ3) is 5.49. The van der Waals surface area contributed by atoms with Crippen LogP contribution in [0, 0.1) is 0 Å². The van der Waals surface area contributed by atoms with Gasteiger partial charge in [0.1, 0.15) is 0 Å². The van der Waals surface area contributed by atoms with E-state index in [1.807, 2.05) is 0 Å². The van der Waals surface area contributed by atoms with Crippen molar-refractivity contribution in [2.75, 3.05) is 69.3 Å². The van der Waals surface area contributed by atoms with E-state index < -0.39 is 10.0 Å². The van der Waals surface area contributed by atoms with E-state index in [2.05, 4.69) is 4.90 Å². The molecule has 35 heavy (non-hydrogen) atoms. The Kier molecular flexibility index (Phi) is 8.96. The van der Waals surface area contributed by atoms with Gasteiger partial charge in [0, 0.05) is 72.7 Å². The van der Waals surface area contributed by atoms with Gasteiger partial charge in [-0.05, 0) is 18.2 Å². The van der Waals surface area contributed by atoms with E-state index >= 15 is 0 Å².